The van der Waals surface area contributed by atoms with Crippen LogP contribution in [0.25, 0.3) is 0 Å². The van der Waals surface area contributed by atoms with Crippen LogP contribution in [0.1, 0.15) is 31.0 Å². The molecule has 1 N–H and O–H groups in total. The summed E-state index contributed by atoms with van der Waals surface area (Å²) in [6, 6.07) is 13.2. The summed E-state index contributed by atoms with van der Waals surface area (Å²) in [5.74, 6) is 0.411. The molecule has 0 radical (unpaired) electrons. The van der Waals surface area contributed by atoms with Crippen molar-refractivity contribution < 1.29 is 19.0 Å². The van der Waals surface area contributed by atoms with Crippen LogP contribution in [0, 0.1) is 12.8 Å². The second-order valence-electron chi connectivity index (χ2n) is 7.39. The van der Waals surface area contributed by atoms with Gasteiger partial charge in [0.1, 0.15) is 17.4 Å². The lowest BCUT2D eigenvalue weighted by Crippen LogP contribution is -2.71. The van der Waals surface area contributed by atoms with Crippen LogP contribution in [0.2, 0.25) is 0 Å². The fourth-order valence-electron chi connectivity index (χ4n) is 4.24. The smallest absolute Gasteiger partial charge is 0.317 e. The predicted molar refractivity (Wildman–Crippen MR) is 114 cm³/mol. The van der Waals surface area contributed by atoms with Gasteiger partial charge >= 0.3 is 5.97 Å². The average molecular weight is 413 g/mol. The highest BCUT2D eigenvalue weighted by atomic mass is 32.1. The lowest BCUT2D eigenvalue weighted by Gasteiger charge is -2.55. The highest BCUT2D eigenvalue weighted by Gasteiger charge is 2.59. The van der Waals surface area contributed by atoms with E-state index in [0.717, 1.165) is 16.8 Å². The van der Waals surface area contributed by atoms with E-state index in [1.165, 1.54) is 0 Å². The number of methoxy groups -OCH3 is 1. The Morgan fingerprint density at radius 1 is 1.31 bits per heavy atom. The molecule has 0 amide bonds. The molecule has 2 aliphatic heterocycles. The Kier molecular flexibility index (Phi) is 4.86. The van der Waals surface area contributed by atoms with E-state index in [9.17, 15) is 4.79 Å². The fourth-order valence-corrected chi connectivity index (χ4v) is 4.65. The number of hydrogen-bond acceptors (Lipinski definition) is 5. The first-order chi connectivity index (χ1) is 13.9. The molecule has 3 atom stereocenters. The highest BCUT2D eigenvalue weighted by molar-refractivity contribution is 7.80. The minimum absolute atomic E-state index is 0.290. The Labute approximate surface area is 175 Å². The molecule has 2 aromatic carbocycles. The van der Waals surface area contributed by atoms with Gasteiger partial charge in [-0.25, -0.2) is 0 Å². The van der Waals surface area contributed by atoms with Gasteiger partial charge in [-0.1, -0.05) is 12.1 Å². The van der Waals surface area contributed by atoms with Gasteiger partial charge in [-0.15, -0.1) is 0 Å². The molecule has 2 aliphatic rings. The van der Waals surface area contributed by atoms with Gasteiger partial charge in [-0.3, -0.25) is 9.69 Å². The number of fused-ring (bicyclic) bond motifs is 4. The van der Waals surface area contributed by atoms with E-state index in [0.29, 0.717) is 16.6 Å². The molecular weight excluding hydrogens is 388 g/mol. The van der Waals surface area contributed by atoms with Crippen LogP contribution >= 0.6 is 12.2 Å². The molecule has 7 heteroatoms. The number of ether oxygens (including phenoxy) is 3. The number of nitrogens with zero attached hydrogens (tertiary/aromatic N) is 1. The van der Waals surface area contributed by atoms with E-state index in [1.54, 1.807) is 14.0 Å². The first-order valence-electron chi connectivity index (χ1n) is 9.60. The number of hydrogen-bond donors (Lipinski definition) is 1. The standard InChI is InChI=1S/C22H24N2O4S/c1-5-27-20(25)18-19-16-12-15(26-4)9-10-17(16)28-22(18,3)24(21(29)23-19)14-8-6-7-13(2)11-14/h6-12,18-19H,5H2,1-4H3,(H,23,29)/t18-,19-,22-/m0/s1. The molecule has 0 unspecified atom stereocenters. The summed E-state index contributed by atoms with van der Waals surface area (Å²) in [5, 5.41) is 3.86. The van der Waals surface area contributed by atoms with Crippen LogP contribution in [0.5, 0.6) is 11.5 Å². The number of nitrogens with one attached hydrogen (secondary N) is 1. The van der Waals surface area contributed by atoms with Crippen molar-refractivity contribution in [2.24, 2.45) is 5.92 Å². The van der Waals surface area contributed by atoms with Crippen molar-refractivity contribution in [2.75, 3.05) is 18.6 Å². The molecule has 2 aromatic rings. The summed E-state index contributed by atoms with van der Waals surface area (Å²) in [5.41, 5.74) is 1.72. The molecule has 2 bridgehead atoms. The molecule has 1 fully saturated rings. The number of benzene rings is 2. The van der Waals surface area contributed by atoms with Crippen molar-refractivity contribution in [3.63, 3.8) is 0 Å². The van der Waals surface area contributed by atoms with Crippen molar-refractivity contribution in [2.45, 2.75) is 32.5 Å². The molecule has 4 rings (SSSR count). The Bertz CT molecular complexity index is 979. The third-order valence-electron chi connectivity index (χ3n) is 5.51. The summed E-state index contributed by atoms with van der Waals surface area (Å²) in [6.45, 7) is 6.00. The van der Waals surface area contributed by atoms with Crippen LogP contribution in [0.4, 0.5) is 5.69 Å². The van der Waals surface area contributed by atoms with E-state index in [2.05, 4.69) is 5.32 Å². The van der Waals surface area contributed by atoms with Gasteiger partial charge in [0.25, 0.3) is 0 Å². The molecular formula is C22H24N2O4S. The van der Waals surface area contributed by atoms with E-state index in [1.807, 2.05) is 61.2 Å². The molecule has 6 nitrogen and oxygen atoms in total. The van der Waals surface area contributed by atoms with E-state index in [-0.39, 0.29) is 18.6 Å². The molecule has 2 heterocycles. The molecule has 0 aliphatic carbocycles. The van der Waals surface area contributed by atoms with Crippen molar-refractivity contribution in [1.82, 2.24) is 5.32 Å². The highest BCUT2D eigenvalue weighted by Crippen LogP contribution is 2.50. The second kappa shape index (κ2) is 7.22. The maximum atomic E-state index is 13.1. The summed E-state index contributed by atoms with van der Waals surface area (Å²) >= 11 is 5.72. The summed E-state index contributed by atoms with van der Waals surface area (Å²) in [7, 11) is 1.61. The fraction of sp³-hybridized carbons (Fsp3) is 0.364. The largest absolute Gasteiger partial charge is 0.497 e. The summed E-state index contributed by atoms with van der Waals surface area (Å²) < 4.78 is 17.3. The number of anilines is 1. The average Bonchev–Trinajstić information content (AvgIpc) is 2.67. The lowest BCUT2D eigenvalue weighted by atomic mass is 9.79. The number of aryl methyl sites for hydroxylation is 1. The normalized spacial score (nSPS) is 24.8. The van der Waals surface area contributed by atoms with Gasteiger partial charge in [0.2, 0.25) is 5.72 Å². The van der Waals surface area contributed by atoms with Gasteiger partial charge in [0.15, 0.2) is 5.11 Å². The monoisotopic (exact) mass is 412 g/mol. The van der Waals surface area contributed by atoms with E-state index in [4.69, 9.17) is 26.4 Å². The third-order valence-corrected chi connectivity index (χ3v) is 5.81. The Balaban J connectivity index is 1.89. The topological polar surface area (TPSA) is 60.0 Å². The quantitative estimate of drug-likeness (QED) is 0.607. The van der Waals surface area contributed by atoms with Crippen molar-refractivity contribution in [1.29, 1.82) is 0 Å². The van der Waals surface area contributed by atoms with Crippen LogP contribution in [0.15, 0.2) is 42.5 Å². The molecule has 152 valence electrons. The number of carbonyl (C=O) groups excluding carboxylic acids is 1. The first kappa shape index (κ1) is 19.5. The van der Waals surface area contributed by atoms with Gasteiger partial charge in [-0.05, 0) is 68.9 Å². The van der Waals surface area contributed by atoms with Gasteiger partial charge < -0.3 is 19.5 Å². The maximum Gasteiger partial charge on any atom is 0.317 e. The molecule has 29 heavy (non-hydrogen) atoms. The SMILES string of the molecule is CCOC(=O)[C@@H]1[C@H]2NC(=S)N(c3cccc(C)c3)[C@@]1(C)Oc1ccc(OC)cc12. The number of esters is 1. The Morgan fingerprint density at radius 2 is 2.10 bits per heavy atom. The van der Waals surface area contributed by atoms with Crippen molar-refractivity contribution in [3.8, 4) is 11.5 Å². The van der Waals surface area contributed by atoms with Crippen molar-refractivity contribution >= 4 is 29.0 Å². The number of rotatable bonds is 4. The van der Waals surface area contributed by atoms with Crippen LogP contribution < -0.4 is 19.7 Å². The minimum Gasteiger partial charge on any atom is -0.497 e. The lowest BCUT2D eigenvalue weighted by molar-refractivity contribution is -0.159. The third kappa shape index (κ3) is 3.09. The second-order valence-corrected chi connectivity index (χ2v) is 7.78. The zero-order valence-electron chi connectivity index (χ0n) is 16.9. The molecule has 0 aromatic heterocycles. The number of carbonyl (C=O) groups is 1. The van der Waals surface area contributed by atoms with Gasteiger partial charge in [0.05, 0.1) is 19.8 Å². The predicted octanol–water partition coefficient (Wildman–Crippen LogP) is 3.73. The molecule has 1 saturated heterocycles. The zero-order chi connectivity index (χ0) is 20.8. The minimum atomic E-state index is -1.05. The van der Waals surface area contributed by atoms with E-state index >= 15 is 0 Å². The van der Waals surface area contributed by atoms with Crippen molar-refractivity contribution in [3.05, 3.63) is 53.6 Å². The first-order valence-corrected chi connectivity index (χ1v) is 10.0. The van der Waals surface area contributed by atoms with Crippen LogP contribution in [-0.4, -0.2) is 30.5 Å². The zero-order valence-corrected chi connectivity index (χ0v) is 17.7. The summed E-state index contributed by atoms with van der Waals surface area (Å²) in [4.78, 5) is 15.0. The number of thiocarbonyl (C=S) groups is 1. The van der Waals surface area contributed by atoms with E-state index < -0.39 is 11.6 Å². The maximum absolute atomic E-state index is 13.1. The molecule has 0 saturated carbocycles. The van der Waals surface area contributed by atoms with Crippen LogP contribution in [-0.2, 0) is 9.53 Å². The summed E-state index contributed by atoms with van der Waals surface area (Å²) in [6.07, 6.45) is 0. The van der Waals surface area contributed by atoms with Crippen LogP contribution in [0.3, 0.4) is 0 Å². The van der Waals surface area contributed by atoms with Gasteiger partial charge in [0, 0.05) is 11.3 Å². The van der Waals surface area contributed by atoms with Gasteiger partial charge in [-0.2, -0.15) is 0 Å². The Hall–Kier alpha value is -2.80. The molecule has 0 spiro atoms. The Morgan fingerprint density at radius 3 is 2.79 bits per heavy atom.